The number of hydrogen-bond donors (Lipinski definition) is 3. The number of amides is 2. The van der Waals surface area contributed by atoms with E-state index in [1.54, 1.807) is 11.1 Å². The topological polar surface area (TPSA) is 88.7 Å². The Morgan fingerprint density at radius 1 is 1.00 bits per heavy atom. The van der Waals surface area contributed by atoms with Gasteiger partial charge in [-0.1, -0.05) is 18.2 Å². The van der Waals surface area contributed by atoms with Gasteiger partial charge in [0.05, 0.1) is 24.3 Å². The van der Waals surface area contributed by atoms with E-state index in [-0.39, 0.29) is 70.1 Å². The zero-order valence-electron chi connectivity index (χ0n) is 21.0. The highest BCUT2D eigenvalue weighted by Gasteiger charge is 2.39. The number of aromatic nitrogens is 1. The van der Waals surface area contributed by atoms with Gasteiger partial charge in [0.15, 0.2) is 0 Å². The second kappa shape index (κ2) is 12.5. The average Bonchev–Trinajstić information content (AvgIpc) is 3.28. The summed E-state index contributed by atoms with van der Waals surface area (Å²) in [7, 11) is 0. The van der Waals surface area contributed by atoms with Crippen molar-refractivity contribution in [2.45, 2.75) is 24.8 Å². The minimum Gasteiger partial charge on any atom is -0.395 e. The Labute approximate surface area is 231 Å². The molecule has 2 aromatic carbocycles. The molecule has 14 heteroatoms. The number of piperazine rings is 1. The molecule has 1 aliphatic heterocycles. The van der Waals surface area contributed by atoms with Crippen molar-refractivity contribution in [1.82, 2.24) is 20.1 Å². The zero-order chi connectivity index (χ0) is 28.4. The molecule has 0 aliphatic carbocycles. The van der Waals surface area contributed by atoms with Gasteiger partial charge in [0.25, 0.3) is 5.91 Å². The van der Waals surface area contributed by atoms with Crippen LogP contribution < -0.4 is 5.32 Å². The molecule has 1 atom stereocenters. The molecule has 0 spiro atoms. The molecule has 1 aliphatic rings. The predicted octanol–water partition coefficient (Wildman–Crippen LogP) is 4.10. The summed E-state index contributed by atoms with van der Waals surface area (Å²) in [5, 5.41) is 12.3. The highest BCUT2D eigenvalue weighted by atomic mass is 35.5. The summed E-state index contributed by atoms with van der Waals surface area (Å²) in [5.41, 5.74) is -2.20. The molecule has 3 aromatic rings. The van der Waals surface area contributed by atoms with Crippen molar-refractivity contribution in [2.24, 2.45) is 0 Å². The van der Waals surface area contributed by atoms with Gasteiger partial charge in [0, 0.05) is 54.9 Å². The quantitative estimate of drug-likeness (QED) is 0.361. The summed E-state index contributed by atoms with van der Waals surface area (Å²) >= 11 is 0. The van der Waals surface area contributed by atoms with Crippen molar-refractivity contribution in [3.05, 3.63) is 70.9 Å². The number of rotatable bonds is 7. The number of carbonyl (C=O) groups excluding carboxylic acids is 2. The van der Waals surface area contributed by atoms with Gasteiger partial charge in [-0.3, -0.25) is 14.5 Å². The van der Waals surface area contributed by atoms with Crippen molar-refractivity contribution in [3.8, 4) is 0 Å². The molecule has 3 N–H and O–H groups in total. The lowest BCUT2D eigenvalue weighted by Crippen LogP contribution is -2.57. The molecule has 1 fully saturated rings. The first kappa shape index (κ1) is 31.2. The number of nitrogens with zero attached hydrogens (tertiary/aromatic N) is 2. The van der Waals surface area contributed by atoms with Crippen LogP contribution >= 0.6 is 12.4 Å². The van der Waals surface area contributed by atoms with Crippen LogP contribution in [-0.2, 0) is 23.6 Å². The molecule has 2 amide bonds. The van der Waals surface area contributed by atoms with Gasteiger partial charge >= 0.3 is 12.4 Å². The summed E-state index contributed by atoms with van der Waals surface area (Å²) in [5.74, 6) is -1.32. The third-order valence-corrected chi connectivity index (χ3v) is 6.59. The van der Waals surface area contributed by atoms with E-state index in [0.29, 0.717) is 12.1 Å². The average molecular weight is 593 g/mol. The zero-order valence-corrected chi connectivity index (χ0v) is 21.8. The van der Waals surface area contributed by atoms with E-state index in [0.717, 1.165) is 16.5 Å². The molecule has 0 radical (unpaired) electrons. The fourth-order valence-corrected chi connectivity index (χ4v) is 4.76. The van der Waals surface area contributed by atoms with E-state index in [4.69, 9.17) is 5.11 Å². The first-order valence-electron chi connectivity index (χ1n) is 12.1. The largest absolute Gasteiger partial charge is 0.416 e. The van der Waals surface area contributed by atoms with E-state index in [9.17, 15) is 35.9 Å². The first-order chi connectivity index (χ1) is 18.4. The van der Waals surface area contributed by atoms with Gasteiger partial charge in [-0.05, 0) is 36.2 Å². The molecule has 1 saturated heterocycles. The number of alkyl halides is 6. The fourth-order valence-electron chi connectivity index (χ4n) is 4.76. The van der Waals surface area contributed by atoms with Crippen LogP contribution in [0.3, 0.4) is 0 Å². The fraction of sp³-hybridized carbons (Fsp3) is 0.385. The van der Waals surface area contributed by atoms with Gasteiger partial charge < -0.3 is 20.3 Å². The molecule has 7 nitrogen and oxygen atoms in total. The Bertz CT molecular complexity index is 1310. The monoisotopic (exact) mass is 592 g/mol. The Kier molecular flexibility index (Phi) is 9.75. The number of nitrogens with one attached hydrogen (secondary N) is 2. The number of aliphatic hydroxyl groups excluding tert-OH is 1. The van der Waals surface area contributed by atoms with Gasteiger partial charge in [0.2, 0.25) is 5.91 Å². The molecular formula is C26H27ClF6N4O3. The van der Waals surface area contributed by atoms with Crippen LogP contribution in [0.2, 0.25) is 0 Å². The number of aliphatic hydroxyl groups is 1. The summed E-state index contributed by atoms with van der Waals surface area (Å²) in [6, 6.07) is 7.58. The summed E-state index contributed by atoms with van der Waals surface area (Å²) in [6.45, 7) is 0.0861. The van der Waals surface area contributed by atoms with Gasteiger partial charge in [-0.25, -0.2) is 0 Å². The van der Waals surface area contributed by atoms with Crippen LogP contribution in [-0.4, -0.2) is 77.1 Å². The number of para-hydroxylation sites is 1. The number of fused-ring (bicyclic) bond motifs is 1. The van der Waals surface area contributed by atoms with E-state index >= 15 is 0 Å². The molecule has 1 aromatic heterocycles. The van der Waals surface area contributed by atoms with E-state index in [2.05, 4.69) is 10.3 Å². The highest BCUT2D eigenvalue weighted by Crippen LogP contribution is 2.37. The second-order valence-corrected chi connectivity index (χ2v) is 9.32. The number of aromatic amines is 1. The molecule has 1 unspecified atom stereocenters. The van der Waals surface area contributed by atoms with Crippen LogP contribution in [0, 0.1) is 0 Å². The maximum absolute atomic E-state index is 13.5. The summed E-state index contributed by atoms with van der Waals surface area (Å²) in [6.07, 6.45) is -8.18. The normalized spacial score (nSPS) is 16.6. The third kappa shape index (κ3) is 7.26. The Morgan fingerprint density at radius 2 is 1.65 bits per heavy atom. The Hall–Kier alpha value is -3.29. The standard InChI is InChI=1S/C26H26F6N4O3.ClH/c27-25(28,29)18-9-16(10-19(12-18)26(30,31)32)24(39)36-7-6-35(15-23(38)33-5-8-37)14-20(36)11-17-13-34-22-4-2-1-3-21(17)22;/h1-4,9-10,12-13,20,34,37H,5-8,11,14-15H2,(H,33,38);1H. The summed E-state index contributed by atoms with van der Waals surface area (Å²) < 4.78 is 80.5. The lowest BCUT2D eigenvalue weighted by molar-refractivity contribution is -0.143. The van der Waals surface area contributed by atoms with Crippen LogP contribution in [0.15, 0.2) is 48.7 Å². The van der Waals surface area contributed by atoms with Gasteiger partial charge in [-0.15, -0.1) is 12.4 Å². The van der Waals surface area contributed by atoms with Crippen LogP contribution in [0.4, 0.5) is 26.3 Å². The van der Waals surface area contributed by atoms with Crippen molar-refractivity contribution in [3.63, 3.8) is 0 Å². The van der Waals surface area contributed by atoms with Crippen molar-refractivity contribution < 1.29 is 41.0 Å². The SMILES string of the molecule is Cl.O=C(CN1CCN(C(=O)c2cc(C(F)(F)F)cc(C(F)(F)F)c2)C(Cc2c[nH]c3ccccc23)C1)NCCO. The highest BCUT2D eigenvalue weighted by molar-refractivity contribution is 5.95. The van der Waals surface area contributed by atoms with Gasteiger partial charge in [-0.2, -0.15) is 26.3 Å². The lowest BCUT2D eigenvalue weighted by Gasteiger charge is -2.41. The summed E-state index contributed by atoms with van der Waals surface area (Å²) in [4.78, 5) is 31.8. The first-order valence-corrected chi connectivity index (χ1v) is 12.1. The number of H-pyrrole nitrogens is 1. The Morgan fingerprint density at radius 3 is 2.27 bits per heavy atom. The smallest absolute Gasteiger partial charge is 0.395 e. The molecule has 4 rings (SSSR count). The van der Waals surface area contributed by atoms with Crippen LogP contribution in [0.5, 0.6) is 0 Å². The number of hydrogen-bond acceptors (Lipinski definition) is 4. The van der Waals surface area contributed by atoms with Crippen molar-refractivity contribution >= 4 is 35.1 Å². The molecular weight excluding hydrogens is 566 g/mol. The van der Waals surface area contributed by atoms with Crippen molar-refractivity contribution in [2.75, 3.05) is 39.3 Å². The second-order valence-electron chi connectivity index (χ2n) is 9.32. The maximum Gasteiger partial charge on any atom is 0.416 e. The van der Waals surface area contributed by atoms with Crippen molar-refractivity contribution in [1.29, 1.82) is 0 Å². The van der Waals surface area contributed by atoms with Crippen LogP contribution in [0.25, 0.3) is 10.9 Å². The molecule has 2 heterocycles. The number of benzene rings is 2. The van der Waals surface area contributed by atoms with Gasteiger partial charge in [0.1, 0.15) is 0 Å². The number of carbonyl (C=O) groups is 2. The van der Waals surface area contributed by atoms with E-state index in [1.807, 2.05) is 24.3 Å². The van der Waals surface area contributed by atoms with E-state index < -0.39 is 41.0 Å². The number of halogens is 7. The minimum absolute atomic E-state index is 0. The molecule has 0 bridgehead atoms. The predicted molar refractivity (Wildman–Crippen MR) is 137 cm³/mol. The van der Waals surface area contributed by atoms with E-state index in [1.165, 1.54) is 4.90 Å². The minimum atomic E-state index is -5.08. The van der Waals surface area contributed by atoms with Crippen LogP contribution in [0.1, 0.15) is 27.0 Å². The molecule has 40 heavy (non-hydrogen) atoms. The molecule has 0 saturated carbocycles. The lowest BCUT2D eigenvalue weighted by atomic mass is 9.98. The Balaban J connectivity index is 0.00000441. The maximum atomic E-state index is 13.5. The third-order valence-electron chi connectivity index (χ3n) is 6.59. The molecule has 218 valence electrons.